The summed E-state index contributed by atoms with van der Waals surface area (Å²) in [5, 5.41) is 7.21. The maximum absolute atomic E-state index is 11.7. The molecule has 0 aliphatic rings. The predicted octanol–water partition coefficient (Wildman–Crippen LogP) is 5.47. The first-order chi connectivity index (χ1) is 12.9. The van der Waals surface area contributed by atoms with Crippen molar-refractivity contribution in [2.45, 2.75) is 52.2 Å². The van der Waals surface area contributed by atoms with E-state index in [1.54, 1.807) is 17.5 Å². The fraction of sp³-hybridized carbons (Fsp3) is 0.474. The molecule has 0 spiro atoms. The first-order valence-corrected chi connectivity index (χ1v) is 9.71. The summed E-state index contributed by atoms with van der Waals surface area (Å²) < 4.78 is 5.23. The second-order valence-electron chi connectivity index (χ2n) is 7.10. The molecule has 0 aliphatic heterocycles. The molecule has 0 aliphatic carbocycles. The Balaban J connectivity index is 1.84. The quantitative estimate of drug-likeness (QED) is 0.281. The summed E-state index contributed by atoms with van der Waals surface area (Å²) in [5.41, 5.74) is 10.1. The zero-order valence-corrected chi connectivity index (χ0v) is 16.8. The maximum atomic E-state index is 11.7. The molecule has 1 aromatic carbocycles. The van der Waals surface area contributed by atoms with E-state index in [4.69, 9.17) is 10.3 Å². The number of carbonyl (C=O) groups excluding carboxylic acids is 1. The Morgan fingerprint density at radius 2 is 2.04 bits per heavy atom. The van der Waals surface area contributed by atoms with E-state index in [1.807, 2.05) is 20.8 Å². The van der Waals surface area contributed by atoms with Crippen LogP contribution in [0.5, 0.6) is 0 Å². The van der Waals surface area contributed by atoms with Gasteiger partial charge in [0.25, 0.3) is 0 Å². The van der Waals surface area contributed by atoms with Gasteiger partial charge in [-0.2, -0.15) is 0 Å². The van der Waals surface area contributed by atoms with Gasteiger partial charge in [-0.05, 0) is 51.1 Å². The number of thiazole rings is 1. The van der Waals surface area contributed by atoms with E-state index in [1.165, 1.54) is 5.56 Å². The Labute approximate surface area is 163 Å². The van der Waals surface area contributed by atoms with E-state index in [9.17, 15) is 4.79 Å². The van der Waals surface area contributed by atoms with E-state index < -0.39 is 11.7 Å². The minimum atomic E-state index is -0.506. The summed E-state index contributed by atoms with van der Waals surface area (Å²) in [6.45, 7) is 6.45. The lowest BCUT2D eigenvalue weighted by atomic mass is 10.1. The van der Waals surface area contributed by atoms with Crippen molar-refractivity contribution >= 4 is 17.4 Å². The third-order valence-corrected chi connectivity index (χ3v) is 4.64. The van der Waals surface area contributed by atoms with Crippen LogP contribution in [0, 0.1) is 0 Å². The van der Waals surface area contributed by atoms with Crippen LogP contribution in [0.15, 0.2) is 35.6 Å². The third-order valence-electron chi connectivity index (χ3n) is 3.60. The second kappa shape index (κ2) is 9.94. The topological polar surface area (TPSA) is 100.0 Å². The van der Waals surface area contributed by atoms with E-state index in [2.05, 4.69) is 44.6 Å². The highest BCUT2D eigenvalue weighted by atomic mass is 32.1. The number of carbonyl (C=O) groups is 1. The first-order valence-electron chi connectivity index (χ1n) is 8.89. The van der Waals surface area contributed by atoms with E-state index in [0.717, 1.165) is 34.7 Å². The molecule has 0 radical (unpaired) electrons. The van der Waals surface area contributed by atoms with Gasteiger partial charge in [-0.1, -0.05) is 29.4 Å². The van der Waals surface area contributed by atoms with Crippen molar-refractivity contribution in [3.05, 3.63) is 51.3 Å². The van der Waals surface area contributed by atoms with Crippen molar-refractivity contribution < 1.29 is 9.53 Å². The van der Waals surface area contributed by atoms with Gasteiger partial charge in [0.2, 0.25) is 0 Å². The number of ether oxygens (including phenoxy) is 1. The third kappa shape index (κ3) is 7.68. The van der Waals surface area contributed by atoms with Crippen LogP contribution in [0.3, 0.4) is 0 Å². The van der Waals surface area contributed by atoms with Gasteiger partial charge >= 0.3 is 6.09 Å². The van der Waals surface area contributed by atoms with Crippen molar-refractivity contribution in [1.82, 2.24) is 10.3 Å². The standard InChI is InChI=1S/C19H25N5O2S/c1-19(2,3)26-18(25)22-13-16-12-21-17(27-16)15-9-7-14(8-10-15)6-4-5-11-23-24-20/h7-10,12H,4-6,11,13H2,1-3H3,(H,22,25). The van der Waals surface area contributed by atoms with Crippen molar-refractivity contribution in [1.29, 1.82) is 0 Å². The van der Waals surface area contributed by atoms with Crippen LogP contribution in [-0.2, 0) is 17.7 Å². The van der Waals surface area contributed by atoms with E-state index in [-0.39, 0.29) is 0 Å². The Hall–Kier alpha value is -2.57. The molecule has 144 valence electrons. The van der Waals surface area contributed by atoms with Gasteiger partial charge in [0.15, 0.2) is 0 Å². The highest BCUT2D eigenvalue weighted by Crippen LogP contribution is 2.25. The number of nitrogens with zero attached hydrogens (tertiary/aromatic N) is 4. The lowest BCUT2D eigenvalue weighted by molar-refractivity contribution is 0.0524. The summed E-state index contributed by atoms with van der Waals surface area (Å²) in [7, 11) is 0. The van der Waals surface area contributed by atoms with Crippen LogP contribution in [0.2, 0.25) is 0 Å². The van der Waals surface area contributed by atoms with Gasteiger partial charge in [-0.15, -0.1) is 11.3 Å². The molecule has 1 amide bonds. The maximum Gasteiger partial charge on any atom is 0.407 e. The number of aryl methyl sites for hydroxylation is 1. The molecular weight excluding hydrogens is 362 g/mol. The summed E-state index contributed by atoms with van der Waals surface area (Å²) in [6.07, 6.45) is 4.20. The molecule has 0 saturated heterocycles. The number of benzene rings is 1. The SMILES string of the molecule is CC(C)(C)OC(=O)NCc1cnc(-c2ccc(CCCCN=[N+]=[N-])cc2)s1. The van der Waals surface area contributed by atoms with Crippen molar-refractivity contribution in [2.75, 3.05) is 6.54 Å². The number of aromatic nitrogens is 1. The molecule has 2 aromatic rings. The summed E-state index contributed by atoms with van der Waals surface area (Å²) in [6, 6.07) is 8.32. The number of hydrogen-bond acceptors (Lipinski definition) is 5. The van der Waals surface area contributed by atoms with Gasteiger partial charge in [-0.25, -0.2) is 9.78 Å². The van der Waals surface area contributed by atoms with Gasteiger partial charge < -0.3 is 10.1 Å². The second-order valence-corrected chi connectivity index (χ2v) is 8.21. The van der Waals surface area contributed by atoms with Crippen LogP contribution in [-0.4, -0.2) is 23.2 Å². The predicted molar refractivity (Wildman–Crippen MR) is 108 cm³/mol. The van der Waals surface area contributed by atoms with Crippen molar-refractivity contribution in [3.8, 4) is 10.6 Å². The van der Waals surface area contributed by atoms with Crippen LogP contribution in [0.1, 0.15) is 44.1 Å². The lowest BCUT2D eigenvalue weighted by Gasteiger charge is -2.19. The van der Waals surface area contributed by atoms with Crippen molar-refractivity contribution in [3.63, 3.8) is 0 Å². The minimum Gasteiger partial charge on any atom is -0.444 e. The summed E-state index contributed by atoms with van der Waals surface area (Å²) in [4.78, 5) is 19.9. The molecule has 7 nitrogen and oxygen atoms in total. The Bertz CT molecular complexity index is 789. The molecule has 0 atom stereocenters. The molecule has 0 fully saturated rings. The number of azide groups is 1. The lowest BCUT2D eigenvalue weighted by Crippen LogP contribution is -2.31. The Kier molecular flexibility index (Phi) is 7.64. The molecule has 1 N–H and O–H groups in total. The van der Waals surface area contributed by atoms with Crippen LogP contribution < -0.4 is 5.32 Å². The minimum absolute atomic E-state index is 0.399. The number of nitrogens with one attached hydrogen (secondary N) is 1. The molecular formula is C19H25N5O2S. The van der Waals surface area contributed by atoms with Crippen molar-refractivity contribution in [2.24, 2.45) is 5.11 Å². The number of alkyl carbamates (subject to hydrolysis) is 1. The summed E-state index contributed by atoms with van der Waals surface area (Å²) in [5.74, 6) is 0. The van der Waals surface area contributed by atoms with Crippen LogP contribution in [0.4, 0.5) is 4.79 Å². The molecule has 0 bridgehead atoms. The average Bonchev–Trinajstić information content (AvgIpc) is 3.08. The van der Waals surface area contributed by atoms with Gasteiger partial charge in [0.1, 0.15) is 10.6 Å². The number of unbranched alkanes of at least 4 members (excludes halogenated alkanes) is 1. The summed E-state index contributed by atoms with van der Waals surface area (Å²) >= 11 is 1.55. The highest BCUT2D eigenvalue weighted by molar-refractivity contribution is 7.15. The van der Waals surface area contributed by atoms with Gasteiger partial charge in [0, 0.05) is 28.1 Å². The normalized spacial score (nSPS) is 10.9. The molecule has 0 unspecified atom stereocenters. The number of rotatable bonds is 8. The molecule has 1 aromatic heterocycles. The van der Waals surface area contributed by atoms with E-state index >= 15 is 0 Å². The van der Waals surface area contributed by atoms with Crippen LogP contribution in [0.25, 0.3) is 21.0 Å². The first kappa shape index (κ1) is 20.7. The molecule has 2 rings (SSSR count). The average molecular weight is 388 g/mol. The largest absolute Gasteiger partial charge is 0.444 e. The Morgan fingerprint density at radius 3 is 2.70 bits per heavy atom. The molecule has 8 heteroatoms. The smallest absolute Gasteiger partial charge is 0.407 e. The molecule has 0 saturated carbocycles. The monoisotopic (exact) mass is 387 g/mol. The molecule has 27 heavy (non-hydrogen) atoms. The Morgan fingerprint density at radius 1 is 1.30 bits per heavy atom. The molecule has 1 heterocycles. The zero-order valence-electron chi connectivity index (χ0n) is 15.9. The van der Waals surface area contributed by atoms with Gasteiger partial charge in [-0.3, -0.25) is 0 Å². The fourth-order valence-electron chi connectivity index (χ4n) is 2.37. The highest BCUT2D eigenvalue weighted by Gasteiger charge is 2.16. The number of hydrogen-bond donors (Lipinski definition) is 1. The fourth-order valence-corrected chi connectivity index (χ4v) is 3.22. The van der Waals surface area contributed by atoms with Crippen LogP contribution >= 0.6 is 11.3 Å². The van der Waals surface area contributed by atoms with Gasteiger partial charge in [0.05, 0.1) is 6.54 Å². The van der Waals surface area contributed by atoms with E-state index in [0.29, 0.717) is 13.1 Å². The number of amides is 1. The zero-order chi connectivity index (χ0) is 19.7.